The minimum atomic E-state index is -0.300. The molecule has 4 aromatic rings. The van der Waals surface area contributed by atoms with Crippen molar-refractivity contribution in [3.63, 3.8) is 0 Å². The summed E-state index contributed by atoms with van der Waals surface area (Å²) in [4.78, 5) is 15.8. The molecule has 2 heterocycles. The summed E-state index contributed by atoms with van der Waals surface area (Å²) in [6.45, 7) is 15.2. The lowest BCUT2D eigenvalue weighted by atomic mass is 9.86. The topological polar surface area (TPSA) is 42.7 Å². The van der Waals surface area contributed by atoms with Crippen LogP contribution in [0.25, 0.3) is 23.1 Å². The van der Waals surface area contributed by atoms with Crippen LogP contribution < -0.4 is 18.9 Å². The van der Waals surface area contributed by atoms with Crippen LogP contribution in [0.4, 0.5) is 5.69 Å². The van der Waals surface area contributed by atoms with Crippen molar-refractivity contribution >= 4 is 34.7 Å². The molecule has 1 unspecified atom stereocenters. The Morgan fingerprint density at radius 2 is 1.56 bits per heavy atom. The van der Waals surface area contributed by atoms with Gasteiger partial charge in [0.2, 0.25) is 17.8 Å². The van der Waals surface area contributed by atoms with Gasteiger partial charge >= 0.3 is 5.97 Å². The third kappa shape index (κ3) is 10.8. The van der Waals surface area contributed by atoms with Crippen molar-refractivity contribution in [1.82, 2.24) is 0 Å². The number of hydrogen-bond donors (Lipinski definition) is 0. The van der Waals surface area contributed by atoms with Crippen LogP contribution in [0.1, 0.15) is 108 Å². The monoisotopic (exact) mass is 725 g/mol. The number of esters is 1. The van der Waals surface area contributed by atoms with Crippen molar-refractivity contribution in [3.05, 3.63) is 130 Å². The average Bonchev–Trinajstić information content (AvgIpc) is 3.13. The molecule has 0 amide bonds. The van der Waals surface area contributed by atoms with E-state index in [4.69, 9.17) is 9.47 Å². The summed E-state index contributed by atoms with van der Waals surface area (Å²) in [5, 5.41) is 1.07. The molecule has 0 saturated heterocycles. The average molecular weight is 726 g/mol. The van der Waals surface area contributed by atoms with Gasteiger partial charge in [-0.05, 0) is 153 Å². The van der Waals surface area contributed by atoms with E-state index in [1.54, 1.807) is 0 Å². The van der Waals surface area contributed by atoms with Crippen molar-refractivity contribution in [1.29, 1.82) is 0 Å². The van der Waals surface area contributed by atoms with E-state index >= 15 is 0 Å². The molecule has 0 radical (unpaired) electrons. The Morgan fingerprint density at radius 3 is 2.26 bits per heavy atom. The van der Waals surface area contributed by atoms with Crippen LogP contribution in [0, 0.1) is 13.8 Å². The van der Waals surface area contributed by atoms with Crippen molar-refractivity contribution < 1.29 is 18.8 Å². The summed E-state index contributed by atoms with van der Waals surface area (Å²) < 4.78 is 15.0. The van der Waals surface area contributed by atoms with E-state index in [-0.39, 0.29) is 18.1 Å². The molecular weight excluding hydrogens is 665 g/mol. The highest BCUT2D eigenvalue weighted by molar-refractivity contribution is 5.79. The fourth-order valence-corrected chi connectivity index (χ4v) is 7.31. The number of anilines is 1. The number of para-hydroxylation sites is 1. The standard InChI is InChI=1S/C49H61N2O3/c1-35(2)15-12-16-36(3)17-13-18-37(4)19-14-31-49(7)32-30-44-39(6)48(38(5)33-46(44)54-49)53-47(52)34-51-43(29-25-41-20-10-11-21-45(41)51)28-24-40-22-26-42(27-23-40)50(8)9/h10-11,15,17,19-29,33H,12-14,16,18,30-32,34H2,1-9H3/q+1/b36-17+,37-19+. The van der Waals surface area contributed by atoms with Crippen LogP contribution in [0.15, 0.2) is 102 Å². The second-order valence-corrected chi connectivity index (χ2v) is 15.9. The molecule has 0 N–H and O–H groups in total. The Labute approximate surface area is 324 Å². The van der Waals surface area contributed by atoms with Gasteiger partial charge in [-0.1, -0.05) is 59.2 Å². The summed E-state index contributed by atoms with van der Waals surface area (Å²) in [6, 6.07) is 22.8. The molecule has 1 aromatic heterocycles. The van der Waals surface area contributed by atoms with E-state index < -0.39 is 0 Å². The number of aromatic nitrogens is 1. The number of rotatable bonds is 15. The Bertz CT molecular complexity index is 2060. The highest BCUT2D eigenvalue weighted by atomic mass is 16.5. The van der Waals surface area contributed by atoms with Gasteiger partial charge in [-0.15, -0.1) is 0 Å². The molecule has 1 aliphatic rings. The van der Waals surface area contributed by atoms with Gasteiger partial charge < -0.3 is 14.4 Å². The molecule has 0 spiro atoms. The Balaban J connectivity index is 1.23. The largest absolute Gasteiger partial charge is 0.487 e. The summed E-state index contributed by atoms with van der Waals surface area (Å²) in [5.41, 5.74) is 11.3. The molecule has 284 valence electrons. The van der Waals surface area contributed by atoms with E-state index in [1.165, 1.54) is 16.7 Å². The van der Waals surface area contributed by atoms with Crippen LogP contribution >= 0.6 is 0 Å². The maximum absolute atomic E-state index is 13.8. The third-order valence-corrected chi connectivity index (χ3v) is 10.7. The first-order valence-corrected chi connectivity index (χ1v) is 19.7. The van der Waals surface area contributed by atoms with Crippen LogP contribution in [-0.2, 0) is 17.8 Å². The van der Waals surface area contributed by atoms with E-state index in [1.807, 2.05) is 37.7 Å². The van der Waals surface area contributed by atoms with Crippen molar-refractivity contribution in [2.75, 3.05) is 19.0 Å². The number of carbonyl (C=O) groups is 1. The van der Waals surface area contributed by atoms with Gasteiger partial charge in [-0.2, -0.15) is 4.57 Å². The first-order chi connectivity index (χ1) is 25.8. The minimum absolute atomic E-state index is 0.0875. The van der Waals surface area contributed by atoms with Gasteiger partial charge in [-0.25, -0.2) is 4.79 Å². The summed E-state index contributed by atoms with van der Waals surface area (Å²) in [6.07, 6.45) is 19.5. The fraction of sp³-hybridized carbons (Fsp3) is 0.388. The highest BCUT2D eigenvalue weighted by Crippen LogP contribution is 2.42. The Morgan fingerprint density at radius 1 is 0.870 bits per heavy atom. The maximum atomic E-state index is 13.8. The first-order valence-electron chi connectivity index (χ1n) is 19.7. The molecule has 1 aliphatic heterocycles. The number of nitrogens with zero attached hydrogens (tertiary/aromatic N) is 2. The van der Waals surface area contributed by atoms with E-state index in [0.717, 1.165) is 102 Å². The fourth-order valence-electron chi connectivity index (χ4n) is 7.31. The van der Waals surface area contributed by atoms with Crippen molar-refractivity contribution in [2.24, 2.45) is 0 Å². The lowest BCUT2D eigenvalue weighted by Gasteiger charge is -2.37. The Hall–Kier alpha value is -4.90. The zero-order valence-corrected chi connectivity index (χ0v) is 34.2. The van der Waals surface area contributed by atoms with E-state index in [2.05, 4.69) is 131 Å². The smallest absolute Gasteiger partial charge is 0.378 e. The van der Waals surface area contributed by atoms with Gasteiger partial charge in [0.05, 0.1) is 0 Å². The molecule has 1 atom stereocenters. The van der Waals surface area contributed by atoms with Crippen molar-refractivity contribution in [2.45, 2.75) is 112 Å². The van der Waals surface area contributed by atoms with Gasteiger partial charge in [0.25, 0.3) is 0 Å². The summed E-state index contributed by atoms with van der Waals surface area (Å²) in [5.74, 6) is 1.26. The minimum Gasteiger partial charge on any atom is -0.487 e. The van der Waals surface area contributed by atoms with Gasteiger partial charge in [0.15, 0.2) is 0 Å². The molecule has 0 fully saturated rings. The molecule has 0 aliphatic carbocycles. The second-order valence-electron chi connectivity index (χ2n) is 15.9. The number of hydrogen-bond acceptors (Lipinski definition) is 4. The van der Waals surface area contributed by atoms with Gasteiger partial charge in [0.1, 0.15) is 17.1 Å². The molecular formula is C49H61N2O3+. The number of aryl methyl sites for hydroxylation is 1. The van der Waals surface area contributed by atoms with E-state index in [0.29, 0.717) is 5.75 Å². The molecule has 5 rings (SSSR count). The highest BCUT2D eigenvalue weighted by Gasteiger charge is 2.33. The second kappa shape index (κ2) is 18.4. The lowest BCUT2D eigenvalue weighted by molar-refractivity contribution is -0.661. The quantitative estimate of drug-likeness (QED) is 0.0530. The van der Waals surface area contributed by atoms with Crippen LogP contribution in [0.5, 0.6) is 11.5 Å². The molecule has 3 aromatic carbocycles. The number of benzene rings is 3. The number of allylic oxidation sites excluding steroid dienone is 6. The predicted molar refractivity (Wildman–Crippen MR) is 227 cm³/mol. The molecule has 5 nitrogen and oxygen atoms in total. The predicted octanol–water partition coefficient (Wildman–Crippen LogP) is 11.9. The molecule has 0 bridgehead atoms. The first kappa shape index (κ1) is 40.3. The SMILES string of the molecule is CC(C)=CCC/C(C)=C/CC/C(C)=C/CCC1(C)CCc2c(cc(C)c(OC(=O)C[n+]3c(/C=C/c4ccc(N(C)C)cc4)ccc4ccccc43)c2C)O1. The summed E-state index contributed by atoms with van der Waals surface area (Å²) in [7, 11) is 4.08. The third-order valence-electron chi connectivity index (χ3n) is 10.7. The lowest BCUT2D eigenvalue weighted by Crippen LogP contribution is -2.43. The van der Waals surface area contributed by atoms with Crippen molar-refractivity contribution in [3.8, 4) is 11.5 Å². The maximum Gasteiger partial charge on any atom is 0.378 e. The zero-order chi connectivity index (χ0) is 38.8. The number of carbonyl (C=O) groups excluding carboxylic acids is 1. The molecule has 5 heteroatoms. The number of pyridine rings is 1. The normalized spacial score (nSPS) is 15.9. The molecule has 54 heavy (non-hydrogen) atoms. The summed E-state index contributed by atoms with van der Waals surface area (Å²) >= 11 is 0. The van der Waals surface area contributed by atoms with Crippen LogP contribution in [0.2, 0.25) is 0 Å². The Kier molecular flexibility index (Phi) is 13.7. The van der Waals surface area contributed by atoms with Gasteiger partial charge in [0, 0.05) is 48.9 Å². The van der Waals surface area contributed by atoms with Crippen LogP contribution in [-0.4, -0.2) is 25.7 Å². The van der Waals surface area contributed by atoms with E-state index in [9.17, 15) is 4.79 Å². The van der Waals surface area contributed by atoms with Crippen LogP contribution in [0.3, 0.4) is 0 Å². The molecule has 0 saturated carbocycles. The van der Waals surface area contributed by atoms with Gasteiger partial charge in [-0.3, -0.25) is 0 Å². The number of ether oxygens (including phenoxy) is 2. The zero-order valence-electron chi connectivity index (χ0n) is 34.2. The number of fused-ring (bicyclic) bond motifs is 2.